The molecule has 1 aliphatic rings. The van der Waals surface area contributed by atoms with Crippen LogP contribution in [0.2, 0.25) is 0 Å². The molecule has 0 radical (unpaired) electrons. The largest absolute Gasteiger partial charge is 0.341 e. The maximum atomic E-state index is 11.9. The highest BCUT2D eigenvalue weighted by molar-refractivity contribution is 7.88. The zero-order chi connectivity index (χ0) is 15.9. The number of imidazole rings is 1. The molecule has 1 aliphatic heterocycles. The Kier molecular flexibility index (Phi) is 3.73. The molecule has 0 bridgehead atoms. The smallest absolute Gasteiger partial charge is 0.211 e. The lowest BCUT2D eigenvalue weighted by Gasteiger charge is -2.21. The van der Waals surface area contributed by atoms with Crippen LogP contribution in [-0.2, 0) is 10.0 Å². The summed E-state index contributed by atoms with van der Waals surface area (Å²) in [4.78, 5) is 16.4. The number of aromatic amines is 1. The predicted octanol–water partition coefficient (Wildman–Crippen LogP) is 1.58. The quantitative estimate of drug-likeness (QED) is 0.926. The zero-order valence-electron chi connectivity index (χ0n) is 12.9. The molecular weight excluding hydrogens is 302 g/mol. The molecule has 2 aromatic heterocycles. The van der Waals surface area contributed by atoms with Gasteiger partial charge in [-0.1, -0.05) is 0 Å². The van der Waals surface area contributed by atoms with Crippen LogP contribution < -0.4 is 0 Å². The summed E-state index contributed by atoms with van der Waals surface area (Å²) in [7, 11) is -3.26. The first-order valence-corrected chi connectivity index (χ1v) is 9.04. The number of aryl methyl sites for hydroxylation is 2. The van der Waals surface area contributed by atoms with Crippen LogP contribution in [0.25, 0.3) is 11.5 Å². The van der Waals surface area contributed by atoms with Gasteiger partial charge in [-0.3, -0.25) is 0 Å². The van der Waals surface area contributed by atoms with Gasteiger partial charge in [-0.15, -0.1) is 0 Å². The van der Waals surface area contributed by atoms with Crippen LogP contribution in [0.3, 0.4) is 0 Å². The Morgan fingerprint density at radius 2 is 2.09 bits per heavy atom. The van der Waals surface area contributed by atoms with Crippen LogP contribution in [0.5, 0.6) is 0 Å². The second kappa shape index (κ2) is 5.44. The fraction of sp³-hybridized carbons (Fsp3) is 0.500. The minimum Gasteiger partial charge on any atom is -0.341 e. The van der Waals surface area contributed by atoms with Crippen molar-refractivity contribution in [1.82, 2.24) is 24.2 Å². The van der Waals surface area contributed by atoms with Crippen LogP contribution in [0.15, 0.2) is 12.3 Å². The van der Waals surface area contributed by atoms with Crippen molar-refractivity contribution in [2.45, 2.75) is 32.7 Å². The van der Waals surface area contributed by atoms with E-state index in [-0.39, 0.29) is 6.04 Å². The molecule has 1 unspecified atom stereocenters. The fourth-order valence-electron chi connectivity index (χ4n) is 2.80. The highest BCUT2D eigenvalue weighted by atomic mass is 32.2. The van der Waals surface area contributed by atoms with E-state index in [2.05, 4.69) is 19.9 Å². The van der Waals surface area contributed by atoms with Gasteiger partial charge in [-0.05, 0) is 32.8 Å². The van der Waals surface area contributed by atoms with E-state index in [1.807, 2.05) is 19.9 Å². The molecule has 1 saturated heterocycles. The fourth-order valence-corrected chi connectivity index (χ4v) is 3.92. The van der Waals surface area contributed by atoms with Crippen LogP contribution >= 0.6 is 0 Å². The standard InChI is InChI=1S/C14H19N5O2S/c1-9-7-11(13-15-8-10(2)17-13)18-14(16-9)12-5-4-6-19(12)22(3,20)21/h7-8,12H,4-6H2,1-3H3,(H,15,17). The molecule has 0 aliphatic carbocycles. The SMILES string of the molecule is Cc1cc(-c2ncc(C)[nH]2)nc(C2CCCN2S(C)(=O)=O)n1. The van der Waals surface area contributed by atoms with E-state index < -0.39 is 10.0 Å². The zero-order valence-corrected chi connectivity index (χ0v) is 13.7. The van der Waals surface area contributed by atoms with Crippen LogP contribution in [-0.4, -0.2) is 45.5 Å². The van der Waals surface area contributed by atoms with E-state index in [4.69, 9.17) is 0 Å². The van der Waals surface area contributed by atoms with E-state index in [1.54, 1.807) is 6.20 Å². The molecule has 0 amide bonds. The second-order valence-corrected chi connectivity index (χ2v) is 7.63. The van der Waals surface area contributed by atoms with Crippen molar-refractivity contribution in [2.75, 3.05) is 12.8 Å². The third-order valence-corrected chi connectivity index (χ3v) is 5.03. The van der Waals surface area contributed by atoms with Crippen molar-refractivity contribution in [3.8, 4) is 11.5 Å². The summed E-state index contributed by atoms with van der Waals surface area (Å²) in [6, 6.07) is 1.56. The number of aromatic nitrogens is 4. The Morgan fingerprint density at radius 1 is 1.32 bits per heavy atom. The summed E-state index contributed by atoms with van der Waals surface area (Å²) in [6.45, 7) is 4.33. The van der Waals surface area contributed by atoms with Crippen LogP contribution in [0, 0.1) is 13.8 Å². The third-order valence-electron chi connectivity index (χ3n) is 3.74. The van der Waals surface area contributed by atoms with Crippen molar-refractivity contribution < 1.29 is 8.42 Å². The van der Waals surface area contributed by atoms with Gasteiger partial charge in [-0.2, -0.15) is 4.31 Å². The molecule has 1 atom stereocenters. The maximum absolute atomic E-state index is 11.9. The summed E-state index contributed by atoms with van der Waals surface area (Å²) < 4.78 is 25.3. The first kappa shape index (κ1) is 15.1. The van der Waals surface area contributed by atoms with Gasteiger partial charge >= 0.3 is 0 Å². The summed E-state index contributed by atoms with van der Waals surface area (Å²) in [5.74, 6) is 1.22. The number of rotatable bonds is 3. The average molecular weight is 321 g/mol. The van der Waals surface area contributed by atoms with E-state index in [0.717, 1.165) is 24.2 Å². The molecule has 1 fully saturated rings. The van der Waals surface area contributed by atoms with E-state index in [1.165, 1.54) is 10.6 Å². The number of hydrogen-bond donors (Lipinski definition) is 1. The molecule has 0 saturated carbocycles. The van der Waals surface area contributed by atoms with Gasteiger partial charge in [-0.25, -0.2) is 23.4 Å². The molecule has 118 valence electrons. The summed E-state index contributed by atoms with van der Waals surface area (Å²) >= 11 is 0. The van der Waals surface area contributed by atoms with Crippen molar-refractivity contribution in [3.63, 3.8) is 0 Å². The molecule has 8 heteroatoms. The highest BCUT2D eigenvalue weighted by Gasteiger charge is 2.34. The van der Waals surface area contributed by atoms with Crippen LogP contribution in [0.1, 0.15) is 36.1 Å². The molecule has 3 heterocycles. The van der Waals surface area contributed by atoms with Gasteiger partial charge in [0.05, 0.1) is 12.3 Å². The van der Waals surface area contributed by atoms with Gasteiger partial charge in [0.15, 0.2) is 5.82 Å². The first-order valence-electron chi connectivity index (χ1n) is 7.19. The Labute approximate surface area is 129 Å². The lowest BCUT2D eigenvalue weighted by molar-refractivity contribution is 0.386. The Morgan fingerprint density at radius 3 is 2.73 bits per heavy atom. The van der Waals surface area contributed by atoms with Crippen molar-refractivity contribution in [3.05, 3.63) is 29.5 Å². The lowest BCUT2D eigenvalue weighted by atomic mass is 10.2. The number of nitrogens with zero attached hydrogens (tertiary/aromatic N) is 4. The molecule has 0 spiro atoms. The van der Waals surface area contributed by atoms with Crippen molar-refractivity contribution in [1.29, 1.82) is 0 Å². The van der Waals surface area contributed by atoms with Crippen LogP contribution in [0.4, 0.5) is 0 Å². The Bertz CT molecular complexity index is 799. The average Bonchev–Trinajstić information content (AvgIpc) is 3.05. The summed E-state index contributed by atoms with van der Waals surface area (Å²) in [6.07, 6.45) is 4.54. The minimum absolute atomic E-state index is 0.287. The Hall–Kier alpha value is -1.80. The van der Waals surface area contributed by atoms with Crippen molar-refractivity contribution >= 4 is 10.0 Å². The number of nitrogens with one attached hydrogen (secondary N) is 1. The molecular formula is C14H19N5O2S. The van der Waals surface area contributed by atoms with E-state index in [0.29, 0.717) is 23.9 Å². The van der Waals surface area contributed by atoms with Crippen molar-refractivity contribution in [2.24, 2.45) is 0 Å². The monoisotopic (exact) mass is 321 g/mol. The number of sulfonamides is 1. The molecule has 2 aromatic rings. The minimum atomic E-state index is -3.26. The van der Waals surface area contributed by atoms with E-state index >= 15 is 0 Å². The molecule has 22 heavy (non-hydrogen) atoms. The number of hydrogen-bond acceptors (Lipinski definition) is 5. The number of H-pyrrole nitrogens is 1. The normalized spacial score (nSPS) is 19.7. The van der Waals surface area contributed by atoms with Gasteiger partial charge in [0.1, 0.15) is 11.5 Å². The van der Waals surface area contributed by atoms with Gasteiger partial charge in [0.2, 0.25) is 10.0 Å². The summed E-state index contributed by atoms with van der Waals surface area (Å²) in [5, 5.41) is 0. The predicted molar refractivity (Wildman–Crippen MR) is 82.6 cm³/mol. The Balaban J connectivity index is 2.03. The highest BCUT2D eigenvalue weighted by Crippen LogP contribution is 2.32. The first-order chi connectivity index (χ1) is 10.3. The molecule has 1 N–H and O–H groups in total. The molecule has 3 rings (SSSR count). The maximum Gasteiger partial charge on any atom is 0.211 e. The van der Waals surface area contributed by atoms with Gasteiger partial charge in [0.25, 0.3) is 0 Å². The van der Waals surface area contributed by atoms with Gasteiger partial charge in [0, 0.05) is 24.1 Å². The topological polar surface area (TPSA) is 91.8 Å². The molecule has 0 aromatic carbocycles. The second-order valence-electron chi connectivity index (χ2n) is 5.70. The lowest BCUT2D eigenvalue weighted by Crippen LogP contribution is -2.30. The third kappa shape index (κ3) is 2.89. The molecule has 7 nitrogen and oxygen atoms in total. The van der Waals surface area contributed by atoms with E-state index in [9.17, 15) is 8.42 Å². The summed E-state index contributed by atoms with van der Waals surface area (Å²) in [5.41, 5.74) is 2.44. The van der Waals surface area contributed by atoms with Gasteiger partial charge < -0.3 is 4.98 Å².